The molecule has 2 heterocycles. The number of nitrogens with one attached hydrogen (secondary N) is 1. The predicted octanol–water partition coefficient (Wildman–Crippen LogP) is 5.42. The molecule has 0 spiro atoms. The summed E-state index contributed by atoms with van der Waals surface area (Å²) in [5.41, 5.74) is -5.41. The third kappa shape index (κ3) is 7.03. The fourth-order valence-corrected chi connectivity index (χ4v) is 4.23. The summed E-state index contributed by atoms with van der Waals surface area (Å²) in [6.07, 6.45) is -5.07. The van der Waals surface area contributed by atoms with Gasteiger partial charge in [-0.3, -0.25) is 14.3 Å². The summed E-state index contributed by atoms with van der Waals surface area (Å²) < 4.78 is 118. The van der Waals surface area contributed by atoms with Gasteiger partial charge in [0.05, 0.1) is 19.3 Å². The summed E-state index contributed by atoms with van der Waals surface area (Å²) >= 11 is 0. The van der Waals surface area contributed by atoms with Crippen molar-refractivity contribution in [2.45, 2.75) is 12.8 Å². The first-order valence-corrected chi connectivity index (χ1v) is 12.7. The SMILES string of the molecule is COCCOc1ccc(C(F)(F)F)c(-n2c(=O)c(NC(=O)c3ccc(OC(F)F)cc3)c(-c3c(F)cc(OC)cc3F)n2C)n1. The molecule has 0 radical (unpaired) electrons. The number of ether oxygens (including phenoxy) is 4. The molecular formula is C28H23F7N4O6. The molecule has 240 valence electrons. The van der Waals surface area contributed by atoms with Crippen LogP contribution in [0.2, 0.25) is 0 Å². The number of benzene rings is 2. The van der Waals surface area contributed by atoms with Gasteiger partial charge in [-0.15, -0.1) is 0 Å². The van der Waals surface area contributed by atoms with Crippen LogP contribution in [0.5, 0.6) is 17.4 Å². The molecule has 45 heavy (non-hydrogen) atoms. The van der Waals surface area contributed by atoms with Crippen molar-refractivity contribution in [3.8, 4) is 34.5 Å². The maximum atomic E-state index is 15.3. The lowest BCUT2D eigenvalue weighted by atomic mass is 10.1. The topological polar surface area (TPSA) is 106 Å². The average molecular weight is 644 g/mol. The Morgan fingerprint density at radius 1 is 0.978 bits per heavy atom. The molecule has 4 aromatic rings. The van der Waals surface area contributed by atoms with E-state index in [9.17, 15) is 31.5 Å². The molecule has 0 saturated carbocycles. The minimum Gasteiger partial charge on any atom is -0.497 e. The van der Waals surface area contributed by atoms with Crippen molar-refractivity contribution in [1.29, 1.82) is 0 Å². The minimum absolute atomic E-state index is 0.0493. The molecule has 0 fully saturated rings. The normalized spacial score (nSPS) is 11.5. The summed E-state index contributed by atoms with van der Waals surface area (Å²) in [6.45, 7) is -3.22. The standard InChI is InChI=1S/C28H23F7N4O6/c1-38-23(21-18(29)12-16(43-3)13-19(21)30)22(37-25(40)14-4-6-15(7-5-14)45-27(31)32)26(41)39(38)24-17(28(33,34)35)8-9-20(36-24)44-11-10-42-2/h4-9,12-13,27H,10-11H2,1-3H3,(H,37,40). The van der Waals surface area contributed by atoms with Gasteiger partial charge in [0.25, 0.3) is 11.5 Å². The molecule has 1 amide bonds. The van der Waals surface area contributed by atoms with Crippen LogP contribution in [-0.4, -0.2) is 54.3 Å². The largest absolute Gasteiger partial charge is 0.497 e. The quantitative estimate of drug-likeness (QED) is 0.172. The van der Waals surface area contributed by atoms with Crippen LogP contribution in [0.25, 0.3) is 17.1 Å². The Hall–Kier alpha value is -5.06. The highest BCUT2D eigenvalue weighted by Crippen LogP contribution is 2.37. The Balaban J connectivity index is 1.95. The molecule has 0 bridgehead atoms. The Bertz CT molecular complexity index is 1730. The first-order chi connectivity index (χ1) is 21.3. The summed E-state index contributed by atoms with van der Waals surface area (Å²) in [5.74, 6) is -5.59. The minimum atomic E-state index is -5.07. The van der Waals surface area contributed by atoms with Crippen LogP contribution < -0.4 is 25.1 Å². The molecule has 4 rings (SSSR count). The van der Waals surface area contributed by atoms with Crippen LogP contribution in [0.1, 0.15) is 15.9 Å². The van der Waals surface area contributed by atoms with Crippen molar-refractivity contribution in [2.24, 2.45) is 7.05 Å². The summed E-state index contributed by atoms with van der Waals surface area (Å²) in [4.78, 5) is 30.8. The van der Waals surface area contributed by atoms with Gasteiger partial charge in [-0.1, -0.05) is 0 Å². The Kier molecular flexibility index (Phi) is 9.70. The lowest BCUT2D eigenvalue weighted by molar-refractivity contribution is -0.137. The van der Waals surface area contributed by atoms with E-state index in [0.717, 1.165) is 56.6 Å². The lowest BCUT2D eigenvalue weighted by Gasteiger charge is -2.17. The van der Waals surface area contributed by atoms with E-state index in [-0.39, 0.29) is 36.2 Å². The molecule has 0 aliphatic rings. The number of anilines is 1. The van der Waals surface area contributed by atoms with Gasteiger partial charge in [0, 0.05) is 37.9 Å². The van der Waals surface area contributed by atoms with Gasteiger partial charge >= 0.3 is 12.8 Å². The highest BCUT2D eigenvalue weighted by atomic mass is 19.4. The lowest BCUT2D eigenvalue weighted by Crippen LogP contribution is -2.26. The number of nitrogens with zero attached hydrogens (tertiary/aromatic N) is 3. The maximum Gasteiger partial charge on any atom is 0.420 e. The smallest absolute Gasteiger partial charge is 0.420 e. The molecule has 0 aliphatic carbocycles. The number of carbonyl (C=O) groups is 1. The third-order valence-electron chi connectivity index (χ3n) is 6.23. The van der Waals surface area contributed by atoms with E-state index in [4.69, 9.17) is 14.2 Å². The molecule has 10 nitrogen and oxygen atoms in total. The first kappa shape index (κ1) is 32.8. The Labute approximate surface area is 249 Å². The van der Waals surface area contributed by atoms with Crippen molar-refractivity contribution in [2.75, 3.05) is 32.8 Å². The number of methoxy groups -OCH3 is 2. The van der Waals surface area contributed by atoms with E-state index in [1.54, 1.807) is 0 Å². The number of alkyl halides is 5. The number of halogens is 7. The van der Waals surface area contributed by atoms with Crippen molar-refractivity contribution in [3.05, 3.63) is 81.6 Å². The number of rotatable bonds is 11. The van der Waals surface area contributed by atoms with E-state index in [2.05, 4.69) is 15.0 Å². The number of aromatic nitrogens is 3. The van der Waals surface area contributed by atoms with Gasteiger partial charge in [-0.05, 0) is 30.3 Å². The highest BCUT2D eigenvalue weighted by Gasteiger charge is 2.38. The van der Waals surface area contributed by atoms with Gasteiger partial charge in [0.2, 0.25) is 5.88 Å². The van der Waals surface area contributed by atoms with Crippen molar-refractivity contribution >= 4 is 11.6 Å². The zero-order chi connectivity index (χ0) is 33.1. The van der Waals surface area contributed by atoms with Gasteiger partial charge in [0.1, 0.15) is 46.7 Å². The monoisotopic (exact) mass is 644 g/mol. The van der Waals surface area contributed by atoms with Crippen LogP contribution in [-0.2, 0) is 18.0 Å². The van der Waals surface area contributed by atoms with Crippen LogP contribution in [0.4, 0.5) is 36.4 Å². The molecular weight excluding hydrogens is 621 g/mol. The number of pyridine rings is 1. The molecule has 1 N–H and O–H groups in total. The van der Waals surface area contributed by atoms with E-state index < -0.39 is 64.2 Å². The van der Waals surface area contributed by atoms with Gasteiger partial charge in [0.15, 0.2) is 5.82 Å². The molecule has 0 atom stereocenters. The molecule has 2 aromatic carbocycles. The average Bonchev–Trinajstić information content (AvgIpc) is 3.20. The number of carbonyl (C=O) groups excluding carboxylic acids is 1. The zero-order valence-electron chi connectivity index (χ0n) is 23.5. The summed E-state index contributed by atoms with van der Waals surface area (Å²) in [7, 11) is 3.51. The van der Waals surface area contributed by atoms with Crippen LogP contribution in [0.3, 0.4) is 0 Å². The molecule has 2 aromatic heterocycles. The van der Waals surface area contributed by atoms with Crippen molar-refractivity contribution in [3.63, 3.8) is 0 Å². The second-order valence-electron chi connectivity index (χ2n) is 9.05. The van der Waals surface area contributed by atoms with Crippen molar-refractivity contribution < 1.29 is 54.5 Å². The van der Waals surface area contributed by atoms with Gasteiger partial charge < -0.3 is 24.3 Å². The van der Waals surface area contributed by atoms with Crippen LogP contribution >= 0.6 is 0 Å². The number of hydrogen-bond acceptors (Lipinski definition) is 7. The van der Waals surface area contributed by atoms with E-state index in [0.29, 0.717) is 15.4 Å². The van der Waals surface area contributed by atoms with Gasteiger partial charge in [-0.2, -0.15) is 31.6 Å². The second kappa shape index (κ2) is 13.3. The number of amides is 1. The van der Waals surface area contributed by atoms with E-state index >= 15 is 8.78 Å². The van der Waals surface area contributed by atoms with Crippen molar-refractivity contribution in [1.82, 2.24) is 14.3 Å². The predicted molar refractivity (Wildman–Crippen MR) is 144 cm³/mol. The first-order valence-electron chi connectivity index (χ1n) is 12.7. The van der Waals surface area contributed by atoms with Crippen LogP contribution in [0.15, 0.2) is 53.3 Å². The number of hydrogen-bond donors (Lipinski definition) is 1. The molecule has 17 heteroatoms. The Morgan fingerprint density at radius 3 is 2.18 bits per heavy atom. The maximum absolute atomic E-state index is 15.3. The Morgan fingerprint density at radius 2 is 1.62 bits per heavy atom. The van der Waals surface area contributed by atoms with E-state index in [1.165, 1.54) is 7.11 Å². The van der Waals surface area contributed by atoms with Crippen LogP contribution in [0, 0.1) is 11.6 Å². The summed E-state index contributed by atoms with van der Waals surface area (Å²) in [5, 5.41) is 2.18. The molecule has 0 unspecified atom stereocenters. The summed E-state index contributed by atoms with van der Waals surface area (Å²) in [6, 6.07) is 7.16. The van der Waals surface area contributed by atoms with E-state index in [1.807, 2.05) is 0 Å². The zero-order valence-corrected chi connectivity index (χ0v) is 23.5. The van der Waals surface area contributed by atoms with Gasteiger partial charge in [-0.25, -0.2) is 8.78 Å². The molecule has 0 saturated heterocycles. The fourth-order valence-electron chi connectivity index (χ4n) is 4.23. The molecule has 0 aliphatic heterocycles. The fraction of sp³-hybridized carbons (Fsp3) is 0.250. The third-order valence-corrected chi connectivity index (χ3v) is 6.23. The highest BCUT2D eigenvalue weighted by molar-refractivity contribution is 6.06. The second-order valence-corrected chi connectivity index (χ2v) is 9.05.